The van der Waals surface area contributed by atoms with Crippen molar-refractivity contribution in [3.8, 4) is 0 Å². The molecule has 2 fully saturated rings. The Balaban J connectivity index is 1.49. The first-order chi connectivity index (χ1) is 12.2. The summed E-state index contributed by atoms with van der Waals surface area (Å²) in [5.41, 5.74) is 6.23. The third-order valence-corrected chi connectivity index (χ3v) is 5.16. The zero-order valence-electron chi connectivity index (χ0n) is 14.8. The van der Waals surface area contributed by atoms with Crippen LogP contribution in [0, 0.1) is 0 Å². The van der Waals surface area contributed by atoms with E-state index in [0.29, 0.717) is 13.2 Å². The van der Waals surface area contributed by atoms with Crippen molar-refractivity contribution < 1.29 is 14.3 Å². The first-order valence-corrected chi connectivity index (χ1v) is 9.07. The second-order valence-electron chi connectivity index (χ2n) is 6.74. The van der Waals surface area contributed by atoms with E-state index in [4.69, 9.17) is 15.2 Å². The van der Waals surface area contributed by atoms with Crippen molar-refractivity contribution in [3.05, 3.63) is 24.4 Å². The summed E-state index contributed by atoms with van der Waals surface area (Å²) in [6.07, 6.45) is 5.45. The number of aromatic nitrogens is 1. The smallest absolute Gasteiger partial charge is 0.409 e. The third kappa shape index (κ3) is 4.41. The minimum Gasteiger partial charge on any atom is -0.453 e. The maximum absolute atomic E-state index is 12.0. The summed E-state index contributed by atoms with van der Waals surface area (Å²) >= 11 is 0. The van der Waals surface area contributed by atoms with E-state index in [1.54, 1.807) is 4.90 Å². The second-order valence-corrected chi connectivity index (χ2v) is 6.74. The molecule has 7 nitrogen and oxygen atoms in total. The van der Waals surface area contributed by atoms with Crippen LogP contribution in [0.3, 0.4) is 0 Å². The first kappa shape index (κ1) is 17.9. The molecule has 2 aliphatic rings. The first-order valence-electron chi connectivity index (χ1n) is 9.07. The predicted octanol–water partition coefficient (Wildman–Crippen LogP) is 1.63. The average molecular weight is 348 g/mol. The Morgan fingerprint density at radius 2 is 2.08 bits per heavy atom. The molecule has 2 unspecified atom stereocenters. The lowest BCUT2D eigenvalue weighted by Crippen LogP contribution is -2.56. The number of piperidine rings is 2. The van der Waals surface area contributed by atoms with Crippen molar-refractivity contribution in [2.45, 2.75) is 43.9 Å². The Kier molecular flexibility index (Phi) is 6.09. The van der Waals surface area contributed by atoms with Gasteiger partial charge in [-0.2, -0.15) is 0 Å². The van der Waals surface area contributed by atoms with Crippen molar-refractivity contribution in [2.75, 3.05) is 38.3 Å². The minimum atomic E-state index is -0.311. The molecule has 0 aromatic carbocycles. The van der Waals surface area contributed by atoms with Crippen molar-refractivity contribution in [1.29, 1.82) is 0 Å². The number of ether oxygens (including phenoxy) is 2. The fraction of sp³-hybridized carbons (Fsp3) is 0.667. The van der Waals surface area contributed by atoms with E-state index in [0.717, 1.165) is 44.6 Å². The zero-order chi connectivity index (χ0) is 17.6. The molecule has 3 rings (SSSR count). The second kappa shape index (κ2) is 8.49. The largest absolute Gasteiger partial charge is 0.453 e. The highest BCUT2D eigenvalue weighted by atomic mass is 16.5. The third-order valence-electron chi connectivity index (χ3n) is 5.16. The van der Waals surface area contributed by atoms with Gasteiger partial charge in [-0.15, -0.1) is 0 Å². The van der Waals surface area contributed by atoms with Crippen LogP contribution in [0.4, 0.5) is 10.6 Å². The number of carbonyl (C=O) groups is 1. The van der Waals surface area contributed by atoms with Crippen LogP contribution < -0.4 is 10.6 Å². The lowest BCUT2D eigenvalue weighted by molar-refractivity contribution is -0.0163. The SMILES string of the molecule is COC(=O)N1CCCC(N)C1COC1CCN(c2ccccn2)CC1. The summed E-state index contributed by atoms with van der Waals surface area (Å²) < 4.78 is 11.0. The summed E-state index contributed by atoms with van der Waals surface area (Å²) in [6.45, 7) is 3.02. The molecule has 1 aromatic heterocycles. The molecule has 2 aliphatic heterocycles. The summed E-state index contributed by atoms with van der Waals surface area (Å²) in [4.78, 5) is 20.4. The Hall–Kier alpha value is -1.86. The number of nitrogens with two attached hydrogens (primary N) is 1. The number of methoxy groups -OCH3 is 1. The van der Waals surface area contributed by atoms with Gasteiger partial charge in [-0.25, -0.2) is 9.78 Å². The predicted molar refractivity (Wildman–Crippen MR) is 95.5 cm³/mol. The molecule has 2 N–H and O–H groups in total. The fourth-order valence-corrected chi connectivity index (χ4v) is 3.67. The van der Waals surface area contributed by atoms with Gasteiger partial charge in [0.2, 0.25) is 0 Å². The normalized spacial score (nSPS) is 25.0. The molecule has 25 heavy (non-hydrogen) atoms. The summed E-state index contributed by atoms with van der Waals surface area (Å²) in [5.74, 6) is 1.02. The van der Waals surface area contributed by atoms with Crippen molar-refractivity contribution in [2.24, 2.45) is 5.73 Å². The highest BCUT2D eigenvalue weighted by Crippen LogP contribution is 2.22. The number of hydrogen-bond donors (Lipinski definition) is 1. The minimum absolute atomic E-state index is 0.0542. The van der Waals surface area contributed by atoms with Crippen LogP contribution in [0.25, 0.3) is 0 Å². The quantitative estimate of drug-likeness (QED) is 0.891. The van der Waals surface area contributed by atoms with Crippen LogP contribution in [-0.4, -0.2) is 67.5 Å². The Morgan fingerprint density at radius 1 is 1.28 bits per heavy atom. The number of carbonyl (C=O) groups excluding carboxylic acids is 1. The Bertz CT molecular complexity index is 549. The van der Waals surface area contributed by atoms with E-state index in [2.05, 4.69) is 9.88 Å². The van der Waals surface area contributed by atoms with Gasteiger partial charge in [0.05, 0.1) is 25.9 Å². The number of anilines is 1. The maximum atomic E-state index is 12.0. The summed E-state index contributed by atoms with van der Waals surface area (Å²) in [5, 5.41) is 0. The molecule has 7 heteroatoms. The van der Waals surface area contributed by atoms with Crippen LogP contribution in [0.1, 0.15) is 25.7 Å². The highest BCUT2D eigenvalue weighted by molar-refractivity contribution is 5.68. The molecule has 0 radical (unpaired) electrons. The Morgan fingerprint density at radius 3 is 2.76 bits per heavy atom. The van der Waals surface area contributed by atoms with Crippen LogP contribution in [0.5, 0.6) is 0 Å². The molecule has 0 saturated carbocycles. The average Bonchev–Trinajstić information content (AvgIpc) is 2.67. The molecule has 2 atom stereocenters. The number of nitrogens with zero attached hydrogens (tertiary/aromatic N) is 3. The van der Waals surface area contributed by atoms with Gasteiger partial charge < -0.3 is 25.0 Å². The van der Waals surface area contributed by atoms with Gasteiger partial charge in [-0.1, -0.05) is 6.07 Å². The molecule has 3 heterocycles. The molecule has 0 spiro atoms. The van der Waals surface area contributed by atoms with Crippen LogP contribution in [0.15, 0.2) is 24.4 Å². The number of hydrogen-bond acceptors (Lipinski definition) is 6. The highest BCUT2D eigenvalue weighted by Gasteiger charge is 2.34. The van der Waals surface area contributed by atoms with Gasteiger partial charge in [0.25, 0.3) is 0 Å². The molecular weight excluding hydrogens is 320 g/mol. The van der Waals surface area contributed by atoms with E-state index in [1.807, 2.05) is 24.4 Å². The molecule has 1 amide bonds. The summed E-state index contributed by atoms with van der Waals surface area (Å²) in [7, 11) is 1.41. The van der Waals surface area contributed by atoms with E-state index in [9.17, 15) is 4.79 Å². The lowest BCUT2D eigenvalue weighted by atomic mass is 9.98. The van der Waals surface area contributed by atoms with Crippen molar-refractivity contribution in [3.63, 3.8) is 0 Å². The van der Waals surface area contributed by atoms with Gasteiger partial charge in [-0.3, -0.25) is 0 Å². The zero-order valence-corrected chi connectivity index (χ0v) is 14.8. The maximum Gasteiger partial charge on any atom is 0.409 e. The molecule has 0 aliphatic carbocycles. The van der Waals surface area contributed by atoms with Gasteiger partial charge in [0.15, 0.2) is 0 Å². The van der Waals surface area contributed by atoms with E-state index in [-0.39, 0.29) is 24.3 Å². The topological polar surface area (TPSA) is 80.9 Å². The van der Waals surface area contributed by atoms with Gasteiger partial charge in [-0.05, 0) is 37.8 Å². The van der Waals surface area contributed by atoms with Crippen molar-refractivity contribution in [1.82, 2.24) is 9.88 Å². The van der Waals surface area contributed by atoms with E-state index >= 15 is 0 Å². The standard InChI is InChI=1S/C18H28N4O3/c1-24-18(23)22-10-4-5-15(19)16(22)13-25-14-7-11-21(12-8-14)17-6-2-3-9-20-17/h2-3,6,9,14-16H,4-5,7-8,10-13,19H2,1H3. The van der Waals surface area contributed by atoms with Crippen molar-refractivity contribution >= 4 is 11.9 Å². The monoisotopic (exact) mass is 348 g/mol. The Labute approximate surface area is 149 Å². The summed E-state index contributed by atoms with van der Waals surface area (Å²) in [6, 6.07) is 5.82. The van der Waals surface area contributed by atoms with E-state index in [1.165, 1.54) is 7.11 Å². The molecular formula is C18H28N4O3. The molecule has 2 saturated heterocycles. The van der Waals surface area contributed by atoms with Crippen LogP contribution >= 0.6 is 0 Å². The van der Waals surface area contributed by atoms with Gasteiger partial charge in [0.1, 0.15) is 5.82 Å². The van der Waals surface area contributed by atoms with Gasteiger partial charge >= 0.3 is 6.09 Å². The lowest BCUT2D eigenvalue weighted by Gasteiger charge is -2.40. The van der Waals surface area contributed by atoms with Crippen LogP contribution in [-0.2, 0) is 9.47 Å². The molecule has 138 valence electrons. The van der Waals surface area contributed by atoms with Crippen LogP contribution in [0.2, 0.25) is 0 Å². The fourth-order valence-electron chi connectivity index (χ4n) is 3.67. The number of rotatable bonds is 4. The number of pyridine rings is 1. The molecule has 1 aromatic rings. The number of likely N-dealkylation sites (tertiary alicyclic amines) is 1. The van der Waals surface area contributed by atoms with E-state index < -0.39 is 0 Å². The molecule has 0 bridgehead atoms. The van der Waals surface area contributed by atoms with Gasteiger partial charge in [0, 0.05) is 31.9 Å². The number of amides is 1.